The van der Waals surface area contributed by atoms with E-state index in [1.54, 1.807) is 0 Å². The lowest BCUT2D eigenvalue weighted by Crippen LogP contribution is -2.23. The first-order chi connectivity index (χ1) is 8.74. The summed E-state index contributed by atoms with van der Waals surface area (Å²) in [5, 5.41) is 9.71. The number of nitrogens with two attached hydrogens (primary N) is 1. The first-order valence-electron chi connectivity index (χ1n) is 8.12. The zero-order valence-electron chi connectivity index (χ0n) is 12.7. The summed E-state index contributed by atoms with van der Waals surface area (Å²) in [5.41, 5.74) is 5.52. The number of hydrogen-bond acceptors (Lipinski definition) is 2. The maximum atomic E-state index is 9.71. The predicted molar refractivity (Wildman–Crippen MR) is 80.7 cm³/mol. The van der Waals surface area contributed by atoms with E-state index in [1.807, 2.05) is 0 Å². The molecule has 0 radical (unpaired) electrons. The van der Waals surface area contributed by atoms with Gasteiger partial charge in [0.1, 0.15) is 0 Å². The molecule has 0 heterocycles. The molecular formula is C16H35NO. The maximum Gasteiger partial charge on any atom is 0.0665 e. The normalized spacial score (nSPS) is 13.2. The molecule has 0 amide bonds. The highest BCUT2D eigenvalue weighted by Gasteiger charge is 2.13. The quantitative estimate of drug-likeness (QED) is 0.484. The second kappa shape index (κ2) is 13.4. The van der Waals surface area contributed by atoms with E-state index in [4.69, 9.17) is 5.73 Å². The first-order valence-corrected chi connectivity index (χ1v) is 8.12. The molecule has 3 N–H and O–H groups in total. The lowest BCUT2D eigenvalue weighted by Gasteiger charge is -2.19. The summed E-state index contributed by atoms with van der Waals surface area (Å²) in [5.74, 6) is 0.692. The summed E-state index contributed by atoms with van der Waals surface area (Å²) in [4.78, 5) is 0. The molecule has 0 aromatic carbocycles. The van der Waals surface area contributed by atoms with Crippen molar-refractivity contribution in [2.24, 2.45) is 11.7 Å². The van der Waals surface area contributed by atoms with Gasteiger partial charge < -0.3 is 10.8 Å². The van der Waals surface area contributed by atoms with Gasteiger partial charge in [0, 0.05) is 6.54 Å². The Morgan fingerprint density at radius 3 is 1.72 bits per heavy atom. The highest BCUT2D eigenvalue weighted by atomic mass is 16.3. The van der Waals surface area contributed by atoms with Crippen molar-refractivity contribution in [1.29, 1.82) is 0 Å². The second-order valence-electron chi connectivity index (χ2n) is 5.69. The molecule has 110 valence electrons. The molecule has 1 unspecified atom stereocenters. The topological polar surface area (TPSA) is 46.2 Å². The van der Waals surface area contributed by atoms with Gasteiger partial charge in [0.05, 0.1) is 6.10 Å². The highest BCUT2D eigenvalue weighted by molar-refractivity contribution is 4.66. The van der Waals surface area contributed by atoms with Crippen LogP contribution in [0, 0.1) is 5.92 Å². The Morgan fingerprint density at radius 1 is 0.833 bits per heavy atom. The number of aliphatic hydroxyl groups is 1. The molecule has 0 spiro atoms. The third-order valence-corrected chi connectivity index (χ3v) is 3.81. The van der Waals surface area contributed by atoms with Crippen LogP contribution in [-0.2, 0) is 0 Å². The SMILES string of the molecule is CCCCCCC(CCCCCC)CC(O)CN. The van der Waals surface area contributed by atoms with Crippen LogP contribution >= 0.6 is 0 Å². The molecule has 1 atom stereocenters. The van der Waals surface area contributed by atoms with Gasteiger partial charge >= 0.3 is 0 Å². The van der Waals surface area contributed by atoms with Crippen LogP contribution in [0.4, 0.5) is 0 Å². The van der Waals surface area contributed by atoms with Crippen molar-refractivity contribution in [3.63, 3.8) is 0 Å². The zero-order valence-corrected chi connectivity index (χ0v) is 12.7. The molecule has 0 aliphatic rings. The van der Waals surface area contributed by atoms with Gasteiger partial charge in [0.15, 0.2) is 0 Å². The monoisotopic (exact) mass is 257 g/mol. The Morgan fingerprint density at radius 2 is 1.33 bits per heavy atom. The molecule has 0 saturated carbocycles. The van der Waals surface area contributed by atoms with Crippen LogP contribution in [0.25, 0.3) is 0 Å². The summed E-state index contributed by atoms with van der Waals surface area (Å²) in [7, 11) is 0. The lowest BCUT2D eigenvalue weighted by molar-refractivity contribution is 0.142. The van der Waals surface area contributed by atoms with E-state index in [-0.39, 0.29) is 6.10 Å². The van der Waals surface area contributed by atoms with Crippen molar-refractivity contribution in [3.8, 4) is 0 Å². The average Bonchev–Trinajstić information content (AvgIpc) is 2.39. The third-order valence-electron chi connectivity index (χ3n) is 3.81. The Labute approximate surface area is 114 Å². The Balaban J connectivity index is 3.77. The van der Waals surface area contributed by atoms with Crippen molar-refractivity contribution in [3.05, 3.63) is 0 Å². The zero-order chi connectivity index (χ0) is 13.6. The minimum Gasteiger partial charge on any atom is -0.392 e. The van der Waals surface area contributed by atoms with Gasteiger partial charge in [-0.05, 0) is 12.3 Å². The fraction of sp³-hybridized carbons (Fsp3) is 1.00. The van der Waals surface area contributed by atoms with E-state index in [1.165, 1.54) is 64.2 Å². The van der Waals surface area contributed by atoms with Gasteiger partial charge in [-0.15, -0.1) is 0 Å². The van der Waals surface area contributed by atoms with Crippen molar-refractivity contribution < 1.29 is 5.11 Å². The molecule has 0 aliphatic carbocycles. The van der Waals surface area contributed by atoms with Gasteiger partial charge in [-0.1, -0.05) is 78.1 Å². The summed E-state index contributed by atoms with van der Waals surface area (Å²) in [6, 6.07) is 0. The van der Waals surface area contributed by atoms with Crippen LogP contribution < -0.4 is 5.73 Å². The molecule has 0 bridgehead atoms. The van der Waals surface area contributed by atoms with Crippen LogP contribution in [0.1, 0.15) is 84.5 Å². The van der Waals surface area contributed by atoms with Crippen LogP contribution in [0.3, 0.4) is 0 Å². The summed E-state index contributed by atoms with van der Waals surface area (Å²) in [6.07, 6.45) is 13.8. The van der Waals surface area contributed by atoms with E-state index in [0.29, 0.717) is 12.5 Å². The summed E-state index contributed by atoms with van der Waals surface area (Å²) in [6.45, 7) is 4.92. The third kappa shape index (κ3) is 11.0. The molecule has 0 saturated heterocycles. The smallest absolute Gasteiger partial charge is 0.0665 e. The predicted octanol–water partition coefficient (Wildman–Crippen LogP) is 4.25. The number of hydrogen-bond donors (Lipinski definition) is 2. The van der Waals surface area contributed by atoms with E-state index in [2.05, 4.69) is 13.8 Å². The number of rotatable bonds is 13. The van der Waals surface area contributed by atoms with Gasteiger partial charge in [-0.2, -0.15) is 0 Å². The summed E-state index contributed by atoms with van der Waals surface area (Å²) >= 11 is 0. The lowest BCUT2D eigenvalue weighted by atomic mass is 9.89. The largest absolute Gasteiger partial charge is 0.392 e. The molecule has 0 aromatic rings. The van der Waals surface area contributed by atoms with Crippen LogP contribution in [-0.4, -0.2) is 17.8 Å². The molecule has 0 fully saturated rings. The highest BCUT2D eigenvalue weighted by Crippen LogP contribution is 2.22. The van der Waals surface area contributed by atoms with Gasteiger partial charge in [-0.25, -0.2) is 0 Å². The molecule has 2 heteroatoms. The molecule has 0 aromatic heterocycles. The van der Waals surface area contributed by atoms with Crippen molar-refractivity contribution >= 4 is 0 Å². The minimum atomic E-state index is -0.285. The molecular weight excluding hydrogens is 222 g/mol. The number of unbranched alkanes of at least 4 members (excludes halogenated alkanes) is 6. The molecule has 0 rings (SSSR count). The Bertz CT molecular complexity index is 149. The number of aliphatic hydroxyl groups excluding tert-OH is 1. The van der Waals surface area contributed by atoms with Crippen LogP contribution in [0.2, 0.25) is 0 Å². The van der Waals surface area contributed by atoms with Gasteiger partial charge in [-0.3, -0.25) is 0 Å². The van der Waals surface area contributed by atoms with Crippen LogP contribution in [0.5, 0.6) is 0 Å². The van der Waals surface area contributed by atoms with E-state index < -0.39 is 0 Å². The van der Waals surface area contributed by atoms with E-state index >= 15 is 0 Å². The first kappa shape index (κ1) is 17.9. The fourth-order valence-electron chi connectivity index (χ4n) is 2.58. The standard InChI is InChI=1S/C16H35NO/c1-3-5-7-9-11-15(13-16(18)14-17)12-10-8-6-4-2/h15-16,18H,3-14,17H2,1-2H3. The maximum absolute atomic E-state index is 9.71. The molecule has 18 heavy (non-hydrogen) atoms. The van der Waals surface area contributed by atoms with Crippen LogP contribution in [0.15, 0.2) is 0 Å². The van der Waals surface area contributed by atoms with Crippen molar-refractivity contribution in [1.82, 2.24) is 0 Å². The van der Waals surface area contributed by atoms with E-state index in [9.17, 15) is 5.11 Å². The van der Waals surface area contributed by atoms with E-state index in [0.717, 1.165) is 6.42 Å². The summed E-state index contributed by atoms with van der Waals surface area (Å²) < 4.78 is 0. The second-order valence-corrected chi connectivity index (χ2v) is 5.69. The molecule has 2 nitrogen and oxygen atoms in total. The fourth-order valence-corrected chi connectivity index (χ4v) is 2.58. The minimum absolute atomic E-state index is 0.285. The Hall–Kier alpha value is -0.0800. The molecule has 0 aliphatic heterocycles. The van der Waals surface area contributed by atoms with Crippen molar-refractivity contribution in [2.45, 2.75) is 90.6 Å². The Kier molecular flexibility index (Phi) is 13.3. The van der Waals surface area contributed by atoms with Gasteiger partial charge in [0.2, 0.25) is 0 Å². The van der Waals surface area contributed by atoms with Gasteiger partial charge in [0.25, 0.3) is 0 Å². The average molecular weight is 257 g/mol. The van der Waals surface area contributed by atoms with Crippen molar-refractivity contribution in [2.75, 3.05) is 6.54 Å².